The van der Waals surface area contributed by atoms with Crippen LogP contribution >= 0.6 is 11.6 Å². The fourth-order valence-electron chi connectivity index (χ4n) is 1.57. The average Bonchev–Trinajstić information content (AvgIpc) is 2.76. The van der Waals surface area contributed by atoms with Crippen LogP contribution in [0.3, 0.4) is 0 Å². The van der Waals surface area contributed by atoms with Crippen LogP contribution < -0.4 is 0 Å². The van der Waals surface area contributed by atoms with E-state index < -0.39 is 0 Å². The Bertz CT molecular complexity index is 691. The summed E-state index contributed by atoms with van der Waals surface area (Å²) < 4.78 is 1.64. The molecule has 6 heteroatoms. The molecule has 0 radical (unpaired) electrons. The van der Waals surface area contributed by atoms with Crippen LogP contribution in [0.5, 0.6) is 0 Å². The molecule has 0 bridgehead atoms. The number of aromatic nitrogens is 5. The summed E-state index contributed by atoms with van der Waals surface area (Å²) >= 11 is 6.09. The second-order valence-electron chi connectivity index (χ2n) is 3.67. The minimum Gasteiger partial charge on any atom is -0.242 e. The second kappa shape index (κ2) is 3.78. The quantitative estimate of drug-likeness (QED) is 0.659. The van der Waals surface area contributed by atoms with Gasteiger partial charge in [0, 0.05) is 5.02 Å². The Balaban J connectivity index is 2.24. The molecule has 5 nitrogen and oxygen atoms in total. The monoisotopic (exact) mass is 245 g/mol. The van der Waals surface area contributed by atoms with Gasteiger partial charge in [-0.2, -0.15) is 4.68 Å². The van der Waals surface area contributed by atoms with Gasteiger partial charge in [0.25, 0.3) is 0 Å². The zero-order valence-corrected chi connectivity index (χ0v) is 9.76. The molecule has 0 amide bonds. The maximum Gasteiger partial charge on any atom is 0.186 e. The lowest BCUT2D eigenvalue weighted by Crippen LogP contribution is -1.98. The Labute approximate surface area is 102 Å². The normalized spacial score (nSPS) is 10.9. The topological polar surface area (TPSA) is 56.5 Å². The number of fused-ring (bicyclic) bond motifs is 1. The molecule has 3 aromatic rings. The molecule has 0 aliphatic heterocycles. The molecule has 0 fully saturated rings. The van der Waals surface area contributed by atoms with E-state index >= 15 is 0 Å². The lowest BCUT2D eigenvalue weighted by Gasteiger charge is -2.03. The molecule has 84 valence electrons. The lowest BCUT2D eigenvalue weighted by atomic mass is 10.2. The Kier molecular flexibility index (Phi) is 2.26. The molecule has 0 spiro atoms. The summed E-state index contributed by atoms with van der Waals surface area (Å²) in [6, 6.07) is 5.71. The van der Waals surface area contributed by atoms with Crippen molar-refractivity contribution in [1.82, 2.24) is 25.0 Å². The van der Waals surface area contributed by atoms with Gasteiger partial charge in [0.1, 0.15) is 6.33 Å². The molecule has 1 aromatic carbocycles. The van der Waals surface area contributed by atoms with Gasteiger partial charge in [-0.05, 0) is 24.6 Å². The van der Waals surface area contributed by atoms with Crippen molar-refractivity contribution in [2.24, 2.45) is 0 Å². The fourth-order valence-corrected chi connectivity index (χ4v) is 1.75. The zero-order chi connectivity index (χ0) is 11.8. The highest BCUT2D eigenvalue weighted by Gasteiger charge is 2.08. The SMILES string of the molecule is Cc1ccc(-n2nnc3cncnc32)cc1Cl. The largest absolute Gasteiger partial charge is 0.242 e. The Morgan fingerprint density at radius 3 is 3.00 bits per heavy atom. The predicted octanol–water partition coefficient (Wildman–Crippen LogP) is 2.17. The van der Waals surface area contributed by atoms with Crippen molar-refractivity contribution in [3.63, 3.8) is 0 Å². The Hall–Kier alpha value is -2.01. The van der Waals surface area contributed by atoms with Crippen LogP contribution in [0, 0.1) is 6.92 Å². The van der Waals surface area contributed by atoms with Crippen molar-refractivity contribution >= 4 is 22.8 Å². The molecule has 0 N–H and O–H groups in total. The van der Waals surface area contributed by atoms with Gasteiger partial charge in [0.15, 0.2) is 11.2 Å². The molecule has 2 aromatic heterocycles. The van der Waals surface area contributed by atoms with E-state index in [9.17, 15) is 0 Å². The summed E-state index contributed by atoms with van der Waals surface area (Å²) in [6.45, 7) is 1.95. The highest BCUT2D eigenvalue weighted by atomic mass is 35.5. The van der Waals surface area contributed by atoms with E-state index in [0.717, 1.165) is 11.3 Å². The van der Waals surface area contributed by atoms with E-state index in [1.807, 2.05) is 25.1 Å². The van der Waals surface area contributed by atoms with Gasteiger partial charge in [-0.15, -0.1) is 5.10 Å². The zero-order valence-electron chi connectivity index (χ0n) is 9.00. The Morgan fingerprint density at radius 2 is 2.18 bits per heavy atom. The van der Waals surface area contributed by atoms with E-state index in [1.54, 1.807) is 10.9 Å². The van der Waals surface area contributed by atoms with Crippen LogP contribution in [-0.4, -0.2) is 25.0 Å². The van der Waals surface area contributed by atoms with E-state index in [1.165, 1.54) is 6.33 Å². The summed E-state index contributed by atoms with van der Waals surface area (Å²) in [4.78, 5) is 8.05. The van der Waals surface area contributed by atoms with Gasteiger partial charge in [0.05, 0.1) is 11.9 Å². The first-order chi connectivity index (χ1) is 8.25. The summed E-state index contributed by atoms with van der Waals surface area (Å²) in [5.74, 6) is 0. The van der Waals surface area contributed by atoms with Crippen LogP contribution in [0.15, 0.2) is 30.7 Å². The van der Waals surface area contributed by atoms with Gasteiger partial charge in [-0.25, -0.2) is 9.97 Å². The number of nitrogens with zero attached hydrogens (tertiary/aromatic N) is 5. The Morgan fingerprint density at radius 1 is 1.29 bits per heavy atom. The smallest absolute Gasteiger partial charge is 0.186 e. The van der Waals surface area contributed by atoms with Gasteiger partial charge >= 0.3 is 0 Å². The first-order valence-corrected chi connectivity index (χ1v) is 5.41. The molecule has 0 aliphatic rings. The second-order valence-corrected chi connectivity index (χ2v) is 4.07. The maximum atomic E-state index is 6.09. The highest BCUT2D eigenvalue weighted by molar-refractivity contribution is 6.31. The number of hydrogen-bond acceptors (Lipinski definition) is 4. The van der Waals surface area contributed by atoms with E-state index in [2.05, 4.69) is 20.3 Å². The minimum atomic E-state index is 0.657. The van der Waals surface area contributed by atoms with E-state index in [0.29, 0.717) is 16.2 Å². The van der Waals surface area contributed by atoms with E-state index in [4.69, 9.17) is 11.6 Å². The lowest BCUT2D eigenvalue weighted by molar-refractivity contribution is 0.817. The van der Waals surface area contributed by atoms with Crippen LogP contribution in [0.25, 0.3) is 16.9 Å². The summed E-state index contributed by atoms with van der Waals surface area (Å²) in [7, 11) is 0. The van der Waals surface area contributed by atoms with Crippen molar-refractivity contribution in [2.75, 3.05) is 0 Å². The summed E-state index contributed by atoms with van der Waals surface area (Å²) in [6.07, 6.45) is 3.10. The van der Waals surface area contributed by atoms with Crippen LogP contribution in [0.1, 0.15) is 5.56 Å². The molecular formula is C11H8ClN5. The van der Waals surface area contributed by atoms with Gasteiger partial charge in [-0.3, -0.25) is 0 Å². The molecule has 2 heterocycles. The molecule has 0 unspecified atom stereocenters. The summed E-state index contributed by atoms with van der Waals surface area (Å²) in [5.41, 5.74) is 3.18. The molecule has 0 saturated carbocycles. The highest BCUT2D eigenvalue weighted by Crippen LogP contribution is 2.20. The predicted molar refractivity (Wildman–Crippen MR) is 64.2 cm³/mol. The van der Waals surface area contributed by atoms with Crippen molar-refractivity contribution in [2.45, 2.75) is 6.92 Å². The number of hydrogen-bond donors (Lipinski definition) is 0. The first-order valence-electron chi connectivity index (χ1n) is 5.03. The summed E-state index contributed by atoms with van der Waals surface area (Å²) in [5, 5.41) is 8.73. The van der Waals surface area contributed by atoms with Crippen molar-refractivity contribution < 1.29 is 0 Å². The molecule has 3 rings (SSSR count). The third-order valence-corrected chi connectivity index (χ3v) is 2.92. The standard InChI is InChI=1S/C11H8ClN5/c1-7-2-3-8(4-9(7)12)17-11-10(15-16-17)5-13-6-14-11/h2-6H,1H3. The minimum absolute atomic E-state index is 0.657. The molecule has 0 saturated heterocycles. The third kappa shape index (κ3) is 1.64. The van der Waals surface area contributed by atoms with Crippen LogP contribution in [-0.2, 0) is 0 Å². The molecule has 0 aliphatic carbocycles. The van der Waals surface area contributed by atoms with Gasteiger partial charge in [-0.1, -0.05) is 22.9 Å². The number of aryl methyl sites for hydroxylation is 1. The van der Waals surface area contributed by atoms with Crippen molar-refractivity contribution in [3.05, 3.63) is 41.3 Å². The third-order valence-electron chi connectivity index (χ3n) is 2.52. The number of rotatable bonds is 1. The molecule has 17 heavy (non-hydrogen) atoms. The van der Waals surface area contributed by atoms with Gasteiger partial charge in [0.2, 0.25) is 0 Å². The molecular weight excluding hydrogens is 238 g/mol. The maximum absolute atomic E-state index is 6.09. The van der Waals surface area contributed by atoms with E-state index in [-0.39, 0.29) is 0 Å². The van der Waals surface area contributed by atoms with Crippen molar-refractivity contribution in [1.29, 1.82) is 0 Å². The number of benzene rings is 1. The average molecular weight is 246 g/mol. The van der Waals surface area contributed by atoms with Crippen molar-refractivity contribution in [3.8, 4) is 5.69 Å². The number of halogens is 1. The van der Waals surface area contributed by atoms with Gasteiger partial charge < -0.3 is 0 Å². The first kappa shape index (κ1) is 10.2. The fraction of sp³-hybridized carbons (Fsp3) is 0.0909. The van der Waals surface area contributed by atoms with Crippen LogP contribution in [0.2, 0.25) is 5.02 Å². The molecule has 0 atom stereocenters. The van der Waals surface area contributed by atoms with Crippen LogP contribution in [0.4, 0.5) is 0 Å².